The summed E-state index contributed by atoms with van der Waals surface area (Å²) in [5.74, 6) is 2.48. The van der Waals surface area contributed by atoms with Crippen LogP contribution in [0.3, 0.4) is 0 Å². The molecule has 0 saturated heterocycles. The normalized spacial score (nSPS) is 16.7. The van der Waals surface area contributed by atoms with Crippen LogP contribution in [0.1, 0.15) is 33.4 Å². The molecule has 0 unspecified atom stereocenters. The Morgan fingerprint density at radius 1 is 0.533 bits per heavy atom. The molecule has 0 atom stereocenters. The standard InChI is InChI=1S/C49H30N8O2Si/c1-50-46-39-22-31-14-6-7-15-32(31)23-40(39)48-54-44-37-20-29-12-4-5-13-30(29)21-38(37)45(52-44)55-49-42-25-34-17-9-8-16-33(34)24-41(42)47(57(49)60(58,59)56(46)48)53-43-36-19-28-11-3-2-10-27(28)18-35(36)26-51-43/h2-25,58-59H,1,26H2. The van der Waals surface area contributed by atoms with Gasteiger partial charge in [-0.25, -0.2) is 25.0 Å². The van der Waals surface area contributed by atoms with Crippen molar-refractivity contribution in [3.63, 3.8) is 0 Å². The molecule has 0 saturated carbocycles. The Hall–Kier alpha value is -7.70. The summed E-state index contributed by atoms with van der Waals surface area (Å²) in [5.41, 5.74) is 4.87. The molecule has 13 rings (SSSR count). The van der Waals surface area contributed by atoms with Crippen molar-refractivity contribution in [3.05, 3.63) is 179 Å². The third-order valence-electron chi connectivity index (χ3n) is 12.2. The van der Waals surface area contributed by atoms with E-state index in [0.717, 1.165) is 65.3 Å². The van der Waals surface area contributed by atoms with Gasteiger partial charge in [0.15, 0.2) is 17.5 Å². The van der Waals surface area contributed by atoms with Gasteiger partial charge < -0.3 is 9.59 Å². The molecule has 5 heterocycles. The number of hydrogen-bond donors (Lipinski definition) is 2. The molecule has 1 aromatic heterocycles. The van der Waals surface area contributed by atoms with Gasteiger partial charge in [0.05, 0.1) is 6.54 Å². The van der Waals surface area contributed by atoms with E-state index >= 15 is 0 Å². The predicted octanol–water partition coefficient (Wildman–Crippen LogP) is 9.18. The number of hydrogen-bond acceptors (Lipinski definition) is 8. The summed E-state index contributed by atoms with van der Waals surface area (Å²) < 4.78 is 2.97. The number of amidine groups is 5. The Balaban J connectivity index is 1.16. The molecule has 0 amide bonds. The van der Waals surface area contributed by atoms with Gasteiger partial charge in [-0.3, -0.25) is 13.8 Å². The first-order valence-corrected chi connectivity index (χ1v) is 21.5. The smallest absolute Gasteiger partial charge is 0.377 e. The Labute approximate surface area is 342 Å². The summed E-state index contributed by atoms with van der Waals surface area (Å²) in [7, 11) is -5.09. The highest BCUT2D eigenvalue weighted by molar-refractivity contribution is 6.70. The molecule has 2 N–H and O–H groups in total. The van der Waals surface area contributed by atoms with Crippen molar-refractivity contribution in [2.75, 3.05) is 0 Å². The zero-order valence-corrected chi connectivity index (χ0v) is 32.7. The van der Waals surface area contributed by atoms with Crippen molar-refractivity contribution in [1.82, 2.24) is 8.80 Å². The van der Waals surface area contributed by atoms with Crippen LogP contribution >= 0.6 is 0 Å². The van der Waals surface area contributed by atoms with Gasteiger partial charge >= 0.3 is 8.88 Å². The highest BCUT2D eigenvalue weighted by Crippen LogP contribution is 2.45. The third kappa shape index (κ3) is 4.58. The van der Waals surface area contributed by atoms with E-state index in [-0.39, 0.29) is 5.82 Å². The minimum absolute atomic E-state index is 0.267. The van der Waals surface area contributed by atoms with Gasteiger partial charge in [0.2, 0.25) is 0 Å². The summed E-state index contributed by atoms with van der Waals surface area (Å²) in [5, 5.41) is 9.43. The minimum Gasteiger partial charge on any atom is -0.377 e. The number of nitrogens with zero attached hydrogens (tertiary/aromatic N) is 8. The Morgan fingerprint density at radius 2 is 1.02 bits per heavy atom. The number of rotatable bonds is 1. The summed E-state index contributed by atoms with van der Waals surface area (Å²) in [4.78, 5) is 57.4. The number of aliphatic imine (C=N–C) groups is 6. The Bertz CT molecular complexity index is 3650. The summed E-state index contributed by atoms with van der Waals surface area (Å²) in [6, 6.07) is 49.0. The van der Waals surface area contributed by atoms with Crippen LogP contribution in [0.4, 0.5) is 11.6 Å². The van der Waals surface area contributed by atoms with Crippen LogP contribution < -0.4 is 0 Å². The van der Waals surface area contributed by atoms with Gasteiger partial charge in [-0.05, 0) is 104 Å². The number of fused-ring (bicyclic) bond motifs is 15. The minimum atomic E-state index is -5.09. The molecule has 8 aromatic carbocycles. The van der Waals surface area contributed by atoms with E-state index in [9.17, 15) is 9.59 Å². The maximum atomic E-state index is 13.4. The van der Waals surface area contributed by atoms with Crippen LogP contribution in [-0.4, -0.2) is 63.2 Å². The highest BCUT2D eigenvalue weighted by atomic mass is 28.4. The average Bonchev–Trinajstić information content (AvgIpc) is 4.00. The van der Waals surface area contributed by atoms with Gasteiger partial charge in [-0.2, -0.15) is 0 Å². The first-order chi connectivity index (χ1) is 29.4. The number of benzene rings is 8. The van der Waals surface area contributed by atoms with Crippen molar-refractivity contribution in [1.29, 1.82) is 0 Å². The molecule has 282 valence electrons. The Kier molecular flexibility index (Phi) is 6.62. The fourth-order valence-corrected chi connectivity index (χ4v) is 11.4. The van der Waals surface area contributed by atoms with Crippen LogP contribution in [-0.2, 0) is 6.54 Å². The molecular formula is C49H30N8O2Si. The van der Waals surface area contributed by atoms with E-state index in [2.05, 4.69) is 60.2 Å². The lowest BCUT2D eigenvalue weighted by Crippen LogP contribution is -2.63. The van der Waals surface area contributed by atoms with Gasteiger partial charge in [-0.1, -0.05) is 97.1 Å². The highest BCUT2D eigenvalue weighted by Gasteiger charge is 2.55. The quantitative estimate of drug-likeness (QED) is 0.127. The zero-order valence-electron chi connectivity index (χ0n) is 31.7. The lowest BCUT2D eigenvalue weighted by Gasteiger charge is -2.32. The van der Waals surface area contributed by atoms with Crippen LogP contribution in [0.5, 0.6) is 0 Å². The summed E-state index contributed by atoms with van der Waals surface area (Å²) >= 11 is 0. The molecule has 4 aliphatic rings. The second-order valence-electron chi connectivity index (χ2n) is 15.5. The molecule has 0 aliphatic carbocycles. The van der Waals surface area contributed by atoms with Gasteiger partial charge in [0.1, 0.15) is 23.3 Å². The largest absolute Gasteiger partial charge is 0.597 e. The number of aromatic nitrogens is 1. The molecule has 4 aliphatic heterocycles. The molecule has 11 heteroatoms. The van der Waals surface area contributed by atoms with Gasteiger partial charge in [-0.15, -0.1) is 0 Å². The summed E-state index contributed by atoms with van der Waals surface area (Å²) in [6.07, 6.45) is 0. The van der Waals surface area contributed by atoms with E-state index in [4.69, 9.17) is 25.0 Å². The maximum absolute atomic E-state index is 13.4. The maximum Gasteiger partial charge on any atom is 0.597 e. The average molecular weight is 791 g/mol. The SMILES string of the molecule is C=Nc1c2cc3ccccc3cc2c2n1[Si](O)(O)N1C(=NC3=NCc4cc5ccccc5cc43)c3cc4ccccc4cc3C1=NC1=NC(=N2)c2cc3ccccc3cc21. The van der Waals surface area contributed by atoms with Gasteiger partial charge in [0, 0.05) is 38.6 Å². The van der Waals surface area contributed by atoms with E-state index in [1.807, 2.05) is 97.1 Å². The van der Waals surface area contributed by atoms with Crippen molar-refractivity contribution < 1.29 is 9.59 Å². The molecule has 0 spiro atoms. The zero-order chi connectivity index (χ0) is 39.9. The summed E-state index contributed by atoms with van der Waals surface area (Å²) in [6.45, 7) is 4.44. The lowest BCUT2D eigenvalue weighted by molar-refractivity contribution is 0.303. The molecule has 0 radical (unpaired) electrons. The van der Waals surface area contributed by atoms with Gasteiger partial charge in [0.25, 0.3) is 0 Å². The van der Waals surface area contributed by atoms with Crippen molar-refractivity contribution in [3.8, 4) is 0 Å². The molecule has 0 fully saturated rings. The molecule has 2 bridgehead atoms. The van der Waals surface area contributed by atoms with E-state index in [1.165, 1.54) is 8.80 Å². The van der Waals surface area contributed by atoms with Crippen LogP contribution in [0.15, 0.2) is 176 Å². The second kappa shape index (κ2) is 11.9. The van der Waals surface area contributed by atoms with E-state index in [1.54, 1.807) is 0 Å². The molecule has 10 nitrogen and oxygen atoms in total. The van der Waals surface area contributed by atoms with Crippen LogP contribution in [0, 0.1) is 0 Å². The van der Waals surface area contributed by atoms with Crippen molar-refractivity contribution in [2.24, 2.45) is 30.0 Å². The van der Waals surface area contributed by atoms with Crippen LogP contribution in [0.25, 0.3) is 53.9 Å². The van der Waals surface area contributed by atoms with Crippen molar-refractivity contribution >= 4 is 110 Å². The second-order valence-corrected chi connectivity index (χ2v) is 17.6. The van der Waals surface area contributed by atoms with E-state index in [0.29, 0.717) is 63.4 Å². The predicted molar refractivity (Wildman–Crippen MR) is 244 cm³/mol. The monoisotopic (exact) mass is 790 g/mol. The lowest BCUT2D eigenvalue weighted by atomic mass is 10.0. The first-order valence-electron chi connectivity index (χ1n) is 19.7. The topological polar surface area (TPSA) is 123 Å². The fourth-order valence-electron chi connectivity index (χ4n) is 9.33. The van der Waals surface area contributed by atoms with Crippen LogP contribution in [0.2, 0.25) is 0 Å². The third-order valence-corrected chi connectivity index (χ3v) is 14.2. The molecular weight excluding hydrogens is 761 g/mol. The molecule has 60 heavy (non-hydrogen) atoms. The van der Waals surface area contributed by atoms with E-state index < -0.39 is 8.88 Å². The fraction of sp³-hybridized carbons (Fsp3) is 0.0204. The molecule has 9 aromatic rings. The van der Waals surface area contributed by atoms with Crippen molar-refractivity contribution in [2.45, 2.75) is 6.54 Å². The Morgan fingerprint density at radius 3 is 1.60 bits per heavy atom. The first kappa shape index (κ1) is 33.3.